The molecule has 1 aliphatic carbocycles. The molecule has 0 spiro atoms. The highest BCUT2D eigenvalue weighted by Gasteiger charge is 2.43. The molecule has 1 saturated carbocycles. The number of hydrogen-bond acceptors (Lipinski definition) is 4. The number of hydrogen-bond donors (Lipinski definition) is 4. The van der Waals surface area contributed by atoms with Crippen LogP contribution in [0.2, 0.25) is 0 Å². The largest absolute Gasteiger partial charge is 0.409 e. The molecule has 21 heavy (non-hydrogen) atoms. The van der Waals surface area contributed by atoms with Crippen molar-refractivity contribution in [3.63, 3.8) is 0 Å². The second-order valence-electron chi connectivity index (χ2n) is 5.65. The van der Waals surface area contributed by atoms with E-state index in [0.29, 0.717) is 18.7 Å². The van der Waals surface area contributed by atoms with Gasteiger partial charge in [0.15, 0.2) is 5.84 Å². The first-order chi connectivity index (χ1) is 10.1. The van der Waals surface area contributed by atoms with Crippen molar-refractivity contribution in [1.29, 1.82) is 0 Å². The number of nitrogens with two attached hydrogens (primary N) is 1. The molecule has 2 rings (SSSR count). The number of aromatic amines is 1. The van der Waals surface area contributed by atoms with Crippen molar-refractivity contribution >= 4 is 11.7 Å². The van der Waals surface area contributed by atoms with Gasteiger partial charge in [0.25, 0.3) is 0 Å². The number of nitrogens with zero attached hydrogens (tertiary/aromatic N) is 2. The normalized spacial score (nSPS) is 20.5. The summed E-state index contributed by atoms with van der Waals surface area (Å²) in [6, 6.07) is -0.251. The van der Waals surface area contributed by atoms with Crippen LogP contribution in [0.15, 0.2) is 17.5 Å². The van der Waals surface area contributed by atoms with Crippen molar-refractivity contribution in [2.75, 3.05) is 0 Å². The molecule has 1 heterocycles. The van der Waals surface area contributed by atoms with Gasteiger partial charge in [-0.1, -0.05) is 30.8 Å². The minimum atomic E-state index is -0.911. The van der Waals surface area contributed by atoms with Gasteiger partial charge in [0.2, 0.25) is 5.91 Å². The van der Waals surface area contributed by atoms with Crippen molar-refractivity contribution < 1.29 is 10.0 Å². The first kappa shape index (κ1) is 15.3. The zero-order valence-corrected chi connectivity index (χ0v) is 12.3. The Bertz CT molecular complexity index is 489. The summed E-state index contributed by atoms with van der Waals surface area (Å²) < 4.78 is 0. The van der Waals surface area contributed by atoms with Gasteiger partial charge in [0.1, 0.15) is 11.2 Å². The molecule has 0 aliphatic heterocycles. The number of amides is 1. The smallest absolute Gasteiger partial charge is 0.234 e. The summed E-state index contributed by atoms with van der Waals surface area (Å²) in [6.45, 7) is 1.85. The van der Waals surface area contributed by atoms with Crippen molar-refractivity contribution in [2.24, 2.45) is 16.3 Å². The molecule has 0 radical (unpaired) electrons. The number of carbonyl (C=O) groups excluding carboxylic acids is 1. The fourth-order valence-corrected chi connectivity index (χ4v) is 2.94. The van der Waals surface area contributed by atoms with Gasteiger partial charge in [-0.15, -0.1) is 0 Å². The molecule has 7 nitrogen and oxygen atoms in total. The van der Waals surface area contributed by atoms with Gasteiger partial charge in [0.05, 0.1) is 6.04 Å². The maximum absolute atomic E-state index is 12.8. The first-order valence-corrected chi connectivity index (χ1v) is 7.38. The standard InChI is InChI=1S/C14H23N5O2/c1-10(11-16-8-9-17-11)18-13(20)14(12(15)19-21)6-4-2-3-5-7-14/h8-10,21H,2-7H2,1H3,(H2,15,19)(H,16,17)(H,18,20). The average molecular weight is 293 g/mol. The summed E-state index contributed by atoms with van der Waals surface area (Å²) >= 11 is 0. The molecule has 1 aliphatic rings. The Kier molecular flexibility index (Phi) is 4.82. The van der Waals surface area contributed by atoms with Crippen LogP contribution < -0.4 is 11.1 Å². The fourth-order valence-electron chi connectivity index (χ4n) is 2.94. The SMILES string of the molecule is CC(NC(=O)C1(/C(N)=N/O)CCCCCC1)c1ncc[nH]1. The Labute approximate surface area is 124 Å². The number of rotatable bonds is 4. The van der Waals surface area contributed by atoms with Crippen LogP contribution in [0.4, 0.5) is 0 Å². The number of imidazole rings is 1. The zero-order chi connectivity index (χ0) is 15.3. The molecular weight excluding hydrogens is 270 g/mol. The van der Waals surface area contributed by atoms with Crippen LogP contribution in [-0.2, 0) is 4.79 Å². The summed E-state index contributed by atoms with van der Waals surface area (Å²) in [5, 5.41) is 15.1. The quantitative estimate of drug-likeness (QED) is 0.222. The lowest BCUT2D eigenvalue weighted by molar-refractivity contribution is -0.129. The van der Waals surface area contributed by atoms with Crippen molar-refractivity contribution in [3.05, 3.63) is 18.2 Å². The summed E-state index contributed by atoms with van der Waals surface area (Å²) in [5.41, 5.74) is 4.95. The third kappa shape index (κ3) is 3.17. The number of aromatic nitrogens is 2. The molecule has 1 unspecified atom stereocenters. The second-order valence-corrected chi connectivity index (χ2v) is 5.65. The molecule has 1 fully saturated rings. The summed E-state index contributed by atoms with van der Waals surface area (Å²) in [7, 11) is 0. The van der Waals surface area contributed by atoms with E-state index >= 15 is 0 Å². The zero-order valence-electron chi connectivity index (χ0n) is 12.3. The van der Waals surface area contributed by atoms with E-state index in [4.69, 9.17) is 10.9 Å². The number of nitrogens with one attached hydrogen (secondary N) is 2. The molecular formula is C14H23N5O2. The van der Waals surface area contributed by atoms with Crippen LogP contribution in [0.1, 0.15) is 57.3 Å². The van der Waals surface area contributed by atoms with Gasteiger partial charge in [-0.2, -0.15) is 0 Å². The number of carbonyl (C=O) groups is 1. The number of amidine groups is 1. The predicted molar refractivity (Wildman–Crippen MR) is 78.7 cm³/mol. The lowest BCUT2D eigenvalue weighted by Crippen LogP contribution is -2.50. The minimum Gasteiger partial charge on any atom is -0.409 e. The van der Waals surface area contributed by atoms with Crippen LogP contribution in [0, 0.1) is 5.41 Å². The van der Waals surface area contributed by atoms with Crippen LogP contribution >= 0.6 is 0 Å². The molecule has 1 atom stereocenters. The lowest BCUT2D eigenvalue weighted by atomic mass is 9.78. The Hall–Kier alpha value is -2.05. The molecule has 0 saturated heterocycles. The molecule has 0 aromatic carbocycles. The van der Waals surface area contributed by atoms with E-state index in [2.05, 4.69) is 20.4 Å². The van der Waals surface area contributed by atoms with Crippen LogP contribution in [0.3, 0.4) is 0 Å². The fraction of sp³-hybridized carbons (Fsp3) is 0.643. The molecule has 116 valence electrons. The maximum Gasteiger partial charge on any atom is 0.234 e. The Balaban J connectivity index is 2.18. The van der Waals surface area contributed by atoms with E-state index in [9.17, 15) is 4.79 Å². The second kappa shape index (κ2) is 6.60. The Morgan fingerprint density at radius 1 is 1.48 bits per heavy atom. The minimum absolute atomic E-state index is 0.00791. The number of oxime groups is 1. The van der Waals surface area contributed by atoms with Crippen LogP contribution in [-0.4, -0.2) is 26.9 Å². The van der Waals surface area contributed by atoms with Gasteiger partial charge in [-0.3, -0.25) is 4.79 Å². The third-order valence-electron chi connectivity index (χ3n) is 4.27. The van der Waals surface area contributed by atoms with Gasteiger partial charge < -0.3 is 21.2 Å². The summed E-state index contributed by atoms with van der Waals surface area (Å²) in [5.74, 6) is 0.503. The number of H-pyrrole nitrogens is 1. The third-order valence-corrected chi connectivity index (χ3v) is 4.27. The molecule has 5 N–H and O–H groups in total. The van der Waals surface area contributed by atoms with Gasteiger partial charge in [-0.25, -0.2) is 4.98 Å². The van der Waals surface area contributed by atoms with Crippen LogP contribution in [0.5, 0.6) is 0 Å². The van der Waals surface area contributed by atoms with E-state index in [-0.39, 0.29) is 17.8 Å². The van der Waals surface area contributed by atoms with Crippen molar-refractivity contribution in [1.82, 2.24) is 15.3 Å². The summed E-state index contributed by atoms with van der Waals surface area (Å²) in [4.78, 5) is 19.9. The topological polar surface area (TPSA) is 116 Å². The highest BCUT2D eigenvalue weighted by molar-refractivity contribution is 6.06. The van der Waals surface area contributed by atoms with E-state index in [1.165, 1.54) is 0 Å². The summed E-state index contributed by atoms with van der Waals surface area (Å²) in [6.07, 6.45) is 8.52. The van der Waals surface area contributed by atoms with Crippen molar-refractivity contribution in [2.45, 2.75) is 51.5 Å². The van der Waals surface area contributed by atoms with Gasteiger partial charge in [0, 0.05) is 12.4 Å². The van der Waals surface area contributed by atoms with E-state index in [1.54, 1.807) is 12.4 Å². The first-order valence-electron chi connectivity index (χ1n) is 7.38. The average Bonchev–Trinajstić information content (AvgIpc) is 2.91. The maximum atomic E-state index is 12.8. The monoisotopic (exact) mass is 293 g/mol. The Morgan fingerprint density at radius 3 is 2.67 bits per heavy atom. The molecule has 7 heteroatoms. The van der Waals surface area contributed by atoms with Gasteiger partial charge >= 0.3 is 0 Å². The van der Waals surface area contributed by atoms with Crippen molar-refractivity contribution in [3.8, 4) is 0 Å². The van der Waals surface area contributed by atoms with E-state index in [1.807, 2.05) is 6.92 Å². The lowest BCUT2D eigenvalue weighted by Gasteiger charge is -2.31. The molecule has 1 aromatic rings. The van der Waals surface area contributed by atoms with Gasteiger partial charge in [-0.05, 0) is 19.8 Å². The Morgan fingerprint density at radius 2 is 2.14 bits per heavy atom. The van der Waals surface area contributed by atoms with E-state index in [0.717, 1.165) is 25.7 Å². The molecule has 0 bridgehead atoms. The van der Waals surface area contributed by atoms with E-state index < -0.39 is 5.41 Å². The molecule has 1 aromatic heterocycles. The molecule has 1 amide bonds. The highest BCUT2D eigenvalue weighted by atomic mass is 16.4. The highest BCUT2D eigenvalue weighted by Crippen LogP contribution is 2.36. The predicted octanol–water partition coefficient (Wildman–Crippen LogP) is 1.67. The van der Waals surface area contributed by atoms with Crippen LogP contribution in [0.25, 0.3) is 0 Å².